The van der Waals surface area contributed by atoms with Crippen LogP contribution in [-0.2, 0) is 0 Å². The Bertz CT molecular complexity index is 227. The Balaban J connectivity index is 1.69. The summed E-state index contributed by atoms with van der Waals surface area (Å²) in [6, 6.07) is 0.824. The van der Waals surface area contributed by atoms with Crippen molar-refractivity contribution >= 4 is 0 Å². The predicted octanol–water partition coefficient (Wildman–Crippen LogP) is 2.49. The van der Waals surface area contributed by atoms with Gasteiger partial charge in [-0.2, -0.15) is 0 Å². The molecule has 0 bridgehead atoms. The second kappa shape index (κ2) is 8.93. The molecule has 2 aliphatic rings. The molecular weight excluding hydrogens is 236 g/mol. The van der Waals surface area contributed by atoms with Crippen LogP contribution >= 0.6 is 0 Å². The second-order valence-corrected chi connectivity index (χ2v) is 6.33. The number of nitrogens with zero attached hydrogens (tertiary/aromatic N) is 2. The molecule has 2 aliphatic heterocycles. The standard InChI is InChI=1S/C16H32N2O/c19-14-7-3-4-10-17-11-8-9-16(15-17)18-12-5-1-2-6-13-18/h16,19H,1-15H2. The Labute approximate surface area is 119 Å². The molecule has 2 heterocycles. The summed E-state index contributed by atoms with van der Waals surface area (Å²) in [5, 5.41) is 8.82. The lowest BCUT2D eigenvalue weighted by Gasteiger charge is -2.39. The topological polar surface area (TPSA) is 26.7 Å². The first-order chi connectivity index (χ1) is 9.40. The maximum absolute atomic E-state index is 8.82. The molecule has 1 atom stereocenters. The highest BCUT2D eigenvalue weighted by Crippen LogP contribution is 2.20. The summed E-state index contributed by atoms with van der Waals surface area (Å²) in [4.78, 5) is 5.43. The Kier molecular flexibility index (Phi) is 7.18. The number of rotatable bonds is 6. The van der Waals surface area contributed by atoms with Crippen molar-refractivity contribution in [3.05, 3.63) is 0 Å². The molecule has 0 spiro atoms. The average Bonchev–Trinajstić information content (AvgIpc) is 2.73. The maximum atomic E-state index is 8.82. The van der Waals surface area contributed by atoms with E-state index in [0.717, 1.165) is 12.5 Å². The van der Waals surface area contributed by atoms with Gasteiger partial charge in [-0.25, -0.2) is 0 Å². The molecule has 0 radical (unpaired) electrons. The second-order valence-electron chi connectivity index (χ2n) is 6.33. The fourth-order valence-electron chi connectivity index (χ4n) is 3.62. The Morgan fingerprint density at radius 1 is 0.842 bits per heavy atom. The van der Waals surface area contributed by atoms with Crippen molar-refractivity contribution in [1.82, 2.24) is 9.80 Å². The van der Waals surface area contributed by atoms with E-state index in [9.17, 15) is 0 Å². The zero-order valence-electron chi connectivity index (χ0n) is 12.5. The first kappa shape index (κ1) is 15.3. The molecule has 1 unspecified atom stereocenters. The molecule has 2 saturated heterocycles. The van der Waals surface area contributed by atoms with E-state index in [-0.39, 0.29) is 0 Å². The molecule has 2 fully saturated rings. The minimum Gasteiger partial charge on any atom is -0.396 e. The van der Waals surface area contributed by atoms with Crippen LogP contribution in [0.15, 0.2) is 0 Å². The van der Waals surface area contributed by atoms with Gasteiger partial charge in [0.25, 0.3) is 0 Å². The van der Waals surface area contributed by atoms with Gasteiger partial charge in [0.05, 0.1) is 0 Å². The number of likely N-dealkylation sites (tertiary alicyclic amines) is 2. The number of aliphatic hydroxyl groups is 1. The third-order valence-electron chi connectivity index (χ3n) is 4.77. The van der Waals surface area contributed by atoms with Gasteiger partial charge in [-0.15, -0.1) is 0 Å². The van der Waals surface area contributed by atoms with Gasteiger partial charge in [0, 0.05) is 19.2 Å². The SMILES string of the molecule is OCCCCCN1CCCC(N2CCCCCC2)C1. The van der Waals surface area contributed by atoms with E-state index in [1.807, 2.05) is 0 Å². The van der Waals surface area contributed by atoms with Crippen molar-refractivity contribution in [2.24, 2.45) is 0 Å². The highest BCUT2D eigenvalue weighted by molar-refractivity contribution is 4.81. The van der Waals surface area contributed by atoms with E-state index >= 15 is 0 Å². The lowest BCUT2D eigenvalue weighted by atomic mass is 10.0. The molecule has 0 saturated carbocycles. The van der Waals surface area contributed by atoms with Crippen molar-refractivity contribution < 1.29 is 5.11 Å². The molecule has 3 nitrogen and oxygen atoms in total. The Hall–Kier alpha value is -0.120. The molecule has 0 aliphatic carbocycles. The summed E-state index contributed by atoms with van der Waals surface area (Å²) in [5.74, 6) is 0. The molecule has 112 valence electrons. The van der Waals surface area contributed by atoms with Crippen molar-refractivity contribution in [2.45, 2.75) is 63.8 Å². The van der Waals surface area contributed by atoms with Crippen molar-refractivity contribution in [3.8, 4) is 0 Å². The number of hydrogen-bond donors (Lipinski definition) is 1. The average molecular weight is 268 g/mol. The highest BCUT2D eigenvalue weighted by Gasteiger charge is 2.25. The minimum absolute atomic E-state index is 0.358. The summed E-state index contributed by atoms with van der Waals surface area (Å²) >= 11 is 0. The van der Waals surface area contributed by atoms with E-state index in [2.05, 4.69) is 9.80 Å². The fourth-order valence-corrected chi connectivity index (χ4v) is 3.62. The molecule has 0 aromatic heterocycles. The first-order valence-corrected chi connectivity index (χ1v) is 8.47. The molecule has 19 heavy (non-hydrogen) atoms. The third-order valence-corrected chi connectivity index (χ3v) is 4.77. The van der Waals surface area contributed by atoms with E-state index in [1.165, 1.54) is 84.1 Å². The number of unbranched alkanes of at least 4 members (excludes halogenated alkanes) is 2. The summed E-state index contributed by atoms with van der Waals surface area (Å²) in [7, 11) is 0. The smallest absolute Gasteiger partial charge is 0.0431 e. The van der Waals surface area contributed by atoms with Gasteiger partial charge in [0.2, 0.25) is 0 Å². The molecule has 1 N–H and O–H groups in total. The van der Waals surface area contributed by atoms with Crippen LogP contribution < -0.4 is 0 Å². The Morgan fingerprint density at radius 3 is 2.37 bits per heavy atom. The summed E-state index contributed by atoms with van der Waals surface area (Å²) in [6.07, 6.45) is 11.9. The summed E-state index contributed by atoms with van der Waals surface area (Å²) in [6.45, 7) is 6.86. The fraction of sp³-hybridized carbons (Fsp3) is 1.00. The molecule has 0 aromatic carbocycles. The van der Waals surface area contributed by atoms with Crippen LogP contribution in [0, 0.1) is 0 Å². The van der Waals surface area contributed by atoms with Gasteiger partial charge < -0.3 is 10.0 Å². The lowest BCUT2D eigenvalue weighted by molar-refractivity contribution is 0.0983. The highest BCUT2D eigenvalue weighted by atomic mass is 16.2. The molecule has 3 heteroatoms. The number of piperidine rings is 1. The van der Waals surface area contributed by atoms with E-state index < -0.39 is 0 Å². The zero-order chi connectivity index (χ0) is 13.3. The van der Waals surface area contributed by atoms with Crippen molar-refractivity contribution in [1.29, 1.82) is 0 Å². The van der Waals surface area contributed by atoms with Gasteiger partial charge in [-0.05, 0) is 71.1 Å². The van der Waals surface area contributed by atoms with Gasteiger partial charge in [0.15, 0.2) is 0 Å². The lowest BCUT2D eigenvalue weighted by Crippen LogP contribution is -2.48. The third kappa shape index (κ3) is 5.41. The van der Waals surface area contributed by atoms with Crippen LogP contribution in [0.3, 0.4) is 0 Å². The maximum Gasteiger partial charge on any atom is 0.0431 e. The predicted molar refractivity (Wildman–Crippen MR) is 80.4 cm³/mol. The molecule has 2 rings (SSSR count). The molecule has 0 aromatic rings. The summed E-state index contributed by atoms with van der Waals surface area (Å²) in [5.41, 5.74) is 0. The van der Waals surface area contributed by atoms with Crippen molar-refractivity contribution in [2.75, 3.05) is 39.3 Å². The minimum atomic E-state index is 0.358. The van der Waals surface area contributed by atoms with Crippen LogP contribution in [0.1, 0.15) is 57.8 Å². The van der Waals surface area contributed by atoms with Gasteiger partial charge in [-0.3, -0.25) is 4.90 Å². The number of aliphatic hydroxyl groups excluding tert-OH is 1. The molecular formula is C16H32N2O. The quantitative estimate of drug-likeness (QED) is 0.750. The van der Waals surface area contributed by atoms with Crippen LogP contribution in [0.5, 0.6) is 0 Å². The van der Waals surface area contributed by atoms with E-state index in [1.54, 1.807) is 0 Å². The van der Waals surface area contributed by atoms with Gasteiger partial charge in [-0.1, -0.05) is 12.8 Å². The monoisotopic (exact) mass is 268 g/mol. The van der Waals surface area contributed by atoms with E-state index in [4.69, 9.17) is 5.11 Å². The van der Waals surface area contributed by atoms with E-state index in [0.29, 0.717) is 6.61 Å². The zero-order valence-corrected chi connectivity index (χ0v) is 12.5. The van der Waals surface area contributed by atoms with Crippen LogP contribution in [0.25, 0.3) is 0 Å². The summed E-state index contributed by atoms with van der Waals surface area (Å²) < 4.78 is 0. The van der Waals surface area contributed by atoms with Gasteiger partial charge >= 0.3 is 0 Å². The van der Waals surface area contributed by atoms with Crippen LogP contribution in [-0.4, -0.2) is 60.3 Å². The first-order valence-electron chi connectivity index (χ1n) is 8.47. The van der Waals surface area contributed by atoms with Gasteiger partial charge in [0.1, 0.15) is 0 Å². The number of hydrogen-bond acceptors (Lipinski definition) is 3. The van der Waals surface area contributed by atoms with Crippen LogP contribution in [0.2, 0.25) is 0 Å². The largest absolute Gasteiger partial charge is 0.396 e. The van der Waals surface area contributed by atoms with Crippen molar-refractivity contribution in [3.63, 3.8) is 0 Å². The van der Waals surface area contributed by atoms with Crippen LogP contribution in [0.4, 0.5) is 0 Å². The Morgan fingerprint density at radius 2 is 1.63 bits per heavy atom. The normalized spacial score (nSPS) is 27.3. The molecule has 0 amide bonds.